The lowest BCUT2D eigenvalue weighted by atomic mass is 10.0. The van der Waals surface area contributed by atoms with E-state index < -0.39 is 0 Å². The van der Waals surface area contributed by atoms with Gasteiger partial charge in [-0.05, 0) is 18.9 Å². The molecule has 0 bridgehead atoms. The van der Waals surface area contributed by atoms with E-state index in [0.29, 0.717) is 6.04 Å². The van der Waals surface area contributed by atoms with Crippen molar-refractivity contribution in [1.29, 1.82) is 0 Å². The summed E-state index contributed by atoms with van der Waals surface area (Å²) < 4.78 is 5.43. The lowest BCUT2D eigenvalue weighted by Gasteiger charge is -2.32. The highest BCUT2D eigenvalue weighted by molar-refractivity contribution is 7.14. The van der Waals surface area contributed by atoms with Crippen LogP contribution < -0.4 is 0 Å². The molecule has 1 aromatic carbocycles. The zero-order valence-corrected chi connectivity index (χ0v) is 14.1. The second-order valence-electron chi connectivity index (χ2n) is 5.70. The molecule has 0 unspecified atom stereocenters. The van der Waals surface area contributed by atoms with Crippen LogP contribution in [-0.4, -0.2) is 41.4 Å². The van der Waals surface area contributed by atoms with Gasteiger partial charge in [-0.1, -0.05) is 42.5 Å². The summed E-state index contributed by atoms with van der Waals surface area (Å²) in [4.78, 5) is 2.48. The van der Waals surface area contributed by atoms with E-state index in [-0.39, 0.29) is 0 Å². The predicted molar refractivity (Wildman–Crippen MR) is 90.1 cm³/mol. The van der Waals surface area contributed by atoms with Gasteiger partial charge < -0.3 is 4.74 Å². The molecule has 22 heavy (non-hydrogen) atoms. The Morgan fingerprint density at radius 3 is 2.59 bits per heavy atom. The monoisotopic (exact) mass is 317 g/mol. The van der Waals surface area contributed by atoms with Gasteiger partial charge in [-0.2, -0.15) is 0 Å². The third kappa shape index (κ3) is 3.54. The smallest absolute Gasteiger partial charge is 0.147 e. The Morgan fingerprint density at radius 1 is 1.18 bits per heavy atom. The van der Waals surface area contributed by atoms with Gasteiger partial charge >= 0.3 is 0 Å². The number of nitrogens with zero attached hydrogens (tertiary/aromatic N) is 3. The first-order valence-corrected chi connectivity index (χ1v) is 8.84. The van der Waals surface area contributed by atoms with Crippen LogP contribution in [-0.2, 0) is 11.2 Å². The van der Waals surface area contributed by atoms with Crippen LogP contribution in [0.3, 0.4) is 0 Å². The Labute approximate surface area is 136 Å². The number of aryl methyl sites for hydroxylation is 1. The van der Waals surface area contributed by atoms with Crippen LogP contribution in [0.2, 0.25) is 0 Å². The minimum absolute atomic E-state index is 0.433. The molecule has 1 atom stereocenters. The van der Waals surface area contributed by atoms with E-state index in [4.69, 9.17) is 4.74 Å². The molecule has 3 rings (SSSR count). The molecule has 1 aliphatic rings. The summed E-state index contributed by atoms with van der Waals surface area (Å²) in [6.45, 7) is 8.15. The van der Waals surface area contributed by atoms with Crippen LogP contribution in [0.1, 0.15) is 36.9 Å². The highest BCUT2D eigenvalue weighted by Crippen LogP contribution is 2.27. The summed E-state index contributed by atoms with van der Waals surface area (Å²) in [5.74, 6) is 0. The predicted octanol–water partition coefficient (Wildman–Crippen LogP) is 3.55. The molecule has 5 heteroatoms. The molecule has 1 saturated heterocycles. The largest absolute Gasteiger partial charge is 0.379 e. The third-order valence-corrected chi connectivity index (χ3v) is 5.20. The SMILES string of the molecule is CCCc1nnc(-c2ccc([C@H](C)N3CCOCC3)cc2)s1. The zero-order valence-electron chi connectivity index (χ0n) is 13.3. The molecule has 1 aliphatic heterocycles. The lowest BCUT2D eigenvalue weighted by Crippen LogP contribution is -2.37. The fourth-order valence-corrected chi connectivity index (χ4v) is 3.71. The molecule has 0 aliphatic carbocycles. The first-order valence-electron chi connectivity index (χ1n) is 8.02. The maximum absolute atomic E-state index is 5.43. The molecule has 0 spiro atoms. The highest BCUT2D eigenvalue weighted by atomic mass is 32.1. The van der Waals surface area contributed by atoms with Crippen LogP contribution in [0.4, 0.5) is 0 Å². The van der Waals surface area contributed by atoms with E-state index in [2.05, 4.69) is 53.2 Å². The summed E-state index contributed by atoms with van der Waals surface area (Å²) in [6, 6.07) is 9.21. The van der Waals surface area contributed by atoms with Gasteiger partial charge in [0.15, 0.2) is 0 Å². The van der Waals surface area contributed by atoms with Crippen molar-refractivity contribution < 1.29 is 4.74 Å². The van der Waals surface area contributed by atoms with E-state index in [1.54, 1.807) is 11.3 Å². The molecule has 0 amide bonds. The molecule has 2 heterocycles. The Balaban J connectivity index is 1.71. The molecular weight excluding hydrogens is 294 g/mol. The minimum Gasteiger partial charge on any atom is -0.379 e. The topological polar surface area (TPSA) is 38.2 Å². The molecule has 0 N–H and O–H groups in total. The normalized spacial score (nSPS) is 17.5. The van der Waals surface area contributed by atoms with Crippen molar-refractivity contribution in [1.82, 2.24) is 15.1 Å². The van der Waals surface area contributed by atoms with Crippen LogP contribution in [0, 0.1) is 0 Å². The van der Waals surface area contributed by atoms with Crippen molar-refractivity contribution in [3.8, 4) is 10.6 Å². The number of ether oxygens (including phenoxy) is 1. The maximum atomic E-state index is 5.43. The lowest BCUT2D eigenvalue weighted by molar-refractivity contribution is 0.0198. The maximum Gasteiger partial charge on any atom is 0.147 e. The van der Waals surface area contributed by atoms with Gasteiger partial charge in [0, 0.05) is 31.1 Å². The average Bonchev–Trinajstić information content (AvgIpc) is 3.04. The second-order valence-corrected chi connectivity index (χ2v) is 6.76. The van der Waals surface area contributed by atoms with Crippen molar-refractivity contribution in [2.45, 2.75) is 32.7 Å². The molecule has 118 valence electrons. The van der Waals surface area contributed by atoms with Gasteiger partial charge in [0.1, 0.15) is 10.0 Å². The second kappa shape index (κ2) is 7.31. The van der Waals surface area contributed by atoms with Gasteiger partial charge in [0.25, 0.3) is 0 Å². The van der Waals surface area contributed by atoms with Crippen molar-refractivity contribution >= 4 is 11.3 Å². The fourth-order valence-electron chi connectivity index (χ4n) is 2.76. The molecule has 0 saturated carbocycles. The Morgan fingerprint density at radius 2 is 1.91 bits per heavy atom. The molecule has 4 nitrogen and oxygen atoms in total. The summed E-state index contributed by atoms with van der Waals surface area (Å²) in [6.07, 6.45) is 2.13. The number of hydrogen-bond acceptors (Lipinski definition) is 5. The van der Waals surface area contributed by atoms with E-state index >= 15 is 0 Å². The molecular formula is C17H23N3OS. The van der Waals surface area contributed by atoms with Gasteiger partial charge in [0.2, 0.25) is 0 Å². The quantitative estimate of drug-likeness (QED) is 0.845. The standard InChI is InChI=1S/C17H23N3OS/c1-3-4-16-18-19-17(22-16)15-7-5-14(6-8-15)13(2)20-9-11-21-12-10-20/h5-8,13H,3-4,9-12H2,1-2H3/t13-/m0/s1. The number of benzene rings is 1. The first kappa shape index (κ1) is 15.6. The van der Waals surface area contributed by atoms with Crippen molar-refractivity contribution in [2.75, 3.05) is 26.3 Å². The van der Waals surface area contributed by atoms with Gasteiger partial charge in [-0.3, -0.25) is 4.90 Å². The number of rotatable bonds is 5. The first-order chi connectivity index (χ1) is 10.8. The van der Waals surface area contributed by atoms with Crippen molar-refractivity contribution in [3.63, 3.8) is 0 Å². The zero-order chi connectivity index (χ0) is 15.4. The summed E-state index contributed by atoms with van der Waals surface area (Å²) in [5.41, 5.74) is 2.52. The number of aromatic nitrogens is 2. The molecule has 0 radical (unpaired) electrons. The minimum atomic E-state index is 0.433. The van der Waals surface area contributed by atoms with Crippen LogP contribution >= 0.6 is 11.3 Å². The Bertz CT molecular complexity index is 590. The van der Waals surface area contributed by atoms with E-state index in [0.717, 1.165) is 54.7 Å². The van der Waals surface area contributed by atoms with Gasteiger partial charge in [0.05, 0.1) is 13.2 Å². The molecule has 2 aromatic rings. The summed E-state index contributed by atoms with van der Waals surface area (Å²) in [7, 11) is 0. The van der Waals surface area contributed by atoms with E-state index in [1.807, 2.05) is 0 Å². The van der Waals surface area contributed by atoms with Crippen LogP contribution in [0.15, 0.2) is 24.3 Å². The molecule has 1 fully saturated rings. The van der Waals surface area contributed by atoms with E-state index in [1.165, 1.54) is 5.56 Å². The Kier molecular flexibility index (Phi) is 5.18. The average molecular weight is 317 g/mol. The van der Waals surface area contributed by atoms with E-state index in [9.17, 15) is 0 Å². The molecule has 1 aromatic heterocycles. The van der Waals surface area contributed by atoms with Crippen LogP contribution in [0.25, 0.3) is 10.6 Å². The fraction of sp³-hybridized carbons (Fsp3) is 0.529. The van der Waals surface area contributed by atoms with Crippen LogP contribution in [0.5, 0.6) is 0 Å². The van der Waals surface area contributed by atoms with Crippen molar-refractivity contribution in [2.24, 2.45) is 0 Å². The summed E-state index contributed by atoms with van der Waals surface area (Å²) >= 11 is 1.70. The number of hydrogen-bond donors (Lipinski definition) is 0. The van der Waals surface area contributed by atoms with Gasteiger partial charge in [-0.15, -0.1) is 10.2 Å². The Hall–Kier alpha value is -1.30. The van der Waals surface area contributed by atoms with Gasteiger partial charge in [-0.25, -0.2) is 0 Å². The highest BCUT2D eigenvalue weighted by Gasteiger charge is 2.18. The third-order valence-electron chi connectivity index (χ3n) is 4.16. The summed E-state index contributed by atoms with van der Waals surface area (Å²) in [5, 5.41) is 10.7. The number of morpholine rings is 1. The van der Waals surface area contributed by atoms with Crippen molar-refractivity contribution in [3.05, 3.63) is 34.8 Å².